The van der Waals surface area contributed by atoms with Crippen LogP contribution in [0.25, 0.3) is 22.2 Å². The predicted octanol–water partition coefficient (Wildman–Crippen LogP) is 1.60. The van der Waals surface area contributed by atoms with Gasteiger partial charge in [0.2, 0.25) is 10.0 Å². The molecule has 2 aliphatic rings. The van der Waals surface area contributed by atoms with Gasteiger partial charge in [0, 0.05) is 42.9 Å². The molecule has 0 spiro atoms. The van der Waals surface area contributed by atoms with E-state index in [1.54, 1.807) is 13.1 Å². The van der Waals surface area contributed by atoms with Gasteiger partial charge in [-0.05, 0) is 24.1 Å². The molecule has 0 saturated carbocycles. The van der Waals surface area contributed by atoms with Gasteiger partial charge in [0.25, 0.3) is 0 Å². The van der Waals surface area contributed by atoms with E-state index in [1.807, 2.05) is 23.1 Å². The van der Waals surface area contributed by atoms with Crippen LogP contribution in [-0.4, -0.2) is 51.3 Å². The minimum absolute atomic E-state index is 0.0640. The van der Waals surface area contributed by atoms with Crippen molar-refractivity contribution < 1.29 is 8.42 Å². The summed E-state index contributed by atoms with van der Waals surface area (Å²) in [5.41, 5.74) is 4.53. The molecule has 3 aromatic heterocycles. The highest BCUT2D eigenvalue weighted by Gasteiger charge is 2.51. The van der Waals surface area contributed by atoms with E-state index in [4.69, 9.17) is 0 Å². The molecule has 0 aromatic carbocycles. The van der Waals surface area contributed by atoms with Crippen LogP contribution in [0.15, 0.2) is 24.7 Å². The highest BCUT2D eigenvalue weighted by atomic mass is 32.2. The molecule has 9 heteroatoms. The number of aromatic amines is 1. The van der Waals surface area contributed by atoms with Crippen molar-refractivity contribution in [2.45, 2.75) is 25.3 Å². The molecule has 0 bridgehead atoms. The summed E-state index contributed by atoms with van der Waals surface area (Å²) < 4.78 is 27.7. The molecular formula is C18H18N6O2S. The van der Waals surface area contributed by atoms with Gasteiger partial charge < -0.3 is 4.98 Å². The topological polar surface area (TPSA) is 108 Å². The molecule has 1 saturated heterocycles. The van der Waals surface area contributed by atoms with E-state index in [0.29, 0.717) is 6.42 Å². The van der Waals surface area contributed by atoms with Gasteiger partial charge >= 0.3 is 0 Å². The first-order chi connectivity index (χ1) is 13.0. The van der Waals surface area contributed by atoms with E-state index in [-0.39, 0.29) is 25.3 Å². The van der Waals surface area contributed by atoms with E-state index in [0.717, 1.165) is 33.4 Å². The van der Waals surface area contributed by atoms with Crippen LogP contribution in [0.4, 0.5) is 0 Å². The summed E-state index contributed by atoms with van der Waals surface area (Å²) in [5, 5.41) is 15.1. The number of sulfonamides is 1. The molecule has 3 aromatic rings. The molecule has 0 amide bonds. The van der Waals surface area contributed by atoms with Crippen molar-refractivity contribution in [1.82, 2.24) is 24.1 Å². The summed E-state index contributed by atoms with van der Waals surface area (Å²) in [7, 11) is -3.27. The SMILES string of the molecule is CCS(=O)(=O)N1CC(CC#N)(n2ncc3c2Cc2c[nH]c4nccc-3c24)C1. The van der Waals surface area contributed by atoms with Gasteiger partial charge in [-0.1, -0.05) is 0 Å². The molecule has 0 atom stereocenters. The number of nitrogens with zero attached hydrogens (tertiary/aromatic N) is 5. The number of pyridine rings is 1. The lowest BCUT2D eigenvalue weighted by molar-refractivity contribution is 0.0692. The van der Waals surface area contributed by atoms with Crippen molar-refractivity contribution in [2.24, 2.45) is 0 Å². The monoisotopic (exact) mass is 382 g/mol. The number of rotatable bonds is 4. The van der Waals surface area contributed by atoms with Crippen molar-refractivity contribution in [2.75, 3.05) is 18.8 Å². The Kier molecular flexibility index (Phi) is 3.30. The van der Waals surface area contributed by atoms with Crippen LogP contribution in [0.2, 0.25) is 0 Å². The largest absolute Gasteiger partial charge is 0.346 e. The first kappa shape index (κ1) is 16.5. The lowest BCUT2D eigenvalue weighted by Crippen LogP contribution is -2.64. The average Bonchev–Trinajstić information content (AvgIpc) is 3.24. The molecule has 1 N–H and O–H groups in total. The maximum Gasteiger partial charge on any atom is 0.213 e. The summed E-state index contributed by atoms with van der Waals surface area (Å²) in [6.07, 6.45) is 6.47. The van der Waals surface area contributed by atoms with Gasteiger partial charge in [0.15, 0.2) is 0 Å². The molecule has 1 aliphatic carbocycles. The lowest BCUT2D eigenvalue weighted by Gasteiger charge is -2.48. The molecule has 4 heterocycles. The molecule has 27 heavy (non-hydrogen) atoms. The van der Waals surface area contributed by atoms with Crippen LogP contribution < -0.4 is 0 Å². The number of H-pyrrole nitrogens is 1. The summed E-state index contributed by atoms with van der Waals surface area (Å²) in [5.74, 6) is 0.0640. The van der Waals surface area contributed by atoms with Crippen molar-refractivity contribution >= 4 is 21.1 Å². The summed E-state index contributed by atoms with van der Waals surface area (Å²) in [6, 6.07) is 4.21. The van der Waals surface area contributed by atoms with Crippen molar-refractivity contribution in [3.05, 3.63) is 35.9 Å². The normalized spacial score (nSPS) is 18.1. The molecule has 138 valence electrons. The van der Waals surface area contributed by atoms with Crippen molar-refractivity contribution in [3.63, 3.8) is 0 Å². The molecular weight excluding hydrogens is 364 g/mol. The molecule has 1 fully saturated rings. The zero-order valence-electron chi connectivity index (χ0n) is 14.8. The average molecular weight is 382 g/mol. The van der Waals surface area contributed by atoms with Crippen molar-refractivity contribution in [1.29, 1.82) is 5.26 Å². The maximum atomic E-state index is 12.2. The second-order valence-electron chi connectivity index (χ2n) is 7.22. The lowest BCUT2D eigenvalue weighted by atomic mass is 9.86. The van der Waals surface area contributed by atoms with Gasteiger partial charge in [0.05, 0.1) is 30.1 Å². The number of nitriles is 1. The third-order valence-electron chi connectivity index (χ3n) is 5.73. The van der Waals surface area contributed by atoms with E-state index < -0.39 is 15.6 Å². The third kappa shape index (κ3) is 2.14. The number of hydrogen-bond acceptors (Lipinski definition) is 5. The minimum Gasteiger partial charge on any atom is -0.346 e. The second kappa shape index (κ2) is 5.41. The van der Waals surface area contributed by atoms with Gasteiger partial charge in [0.1, 0.15) is 11.2 Å². The Hall–Kier alpha value is -2.70. The van der Waals surface area contributed by atoms with E-state index in [1.165, 1.54) is 4.31 Å². The first-order valence-electron chi connectivity index (χ1n) is 8.86. The number of fused-ring (bicyclic) bond motifs is 2. The van der Waals surface area contributed by atoms with Crippen LogP contribution in [0.1, 0.15) is 24.6 Å². The molecule has 5 rings (SSSR count). The maximum absolute atomic E-state index is 12.2. The first-order valence-corrected chi connectivity index (χ1v) is 10.5. The number of nitrogens with one attached hydrogen (secondary N) is 1. The predicted molar refractivity (Wildman–Crippen MR) is 99.4 cm³/mol. The Morgan fingerprint density at radius 1 is 1.37 bits per heavy atom. The van der Waals surface area contributed by atoms with Crippen LogP contribution in [0, 0.1) is 11.3 Å². The molecule has 1 aliphatic heterocycles. The fourth-order valence-corrected chi connectivity index (χ4v) is 5.54. The van der Waals surface area contributed by atoms with Gasteiger partial charge in [-0.3, -0.25) is 4.68 Å². The Balaban J connectivity index is 1.61. The summed E-state index contributed by atoms with van der Waals surface area (Å²) in [6.45, 7) is 2.21. The van der Waals surface area contributed by atoms with Crippen LogP contribution in [-0.2, 0) is 22.0 Å². The number of hydrogen-bond donors (Lipinski definition) is 1. The van der Waals surface area contributed by atoms with Gasteiger partial charge in [-0.25, -0.2) is 13.4 Å². The highest BCUT2D eigenvalue weighted by molar-refractivity contribution is 7.89. The fourth-order valence-electron chi connectivity index (χ4n) is 4.30. The number of aromatic nitrogens is 4. The van der Waals surface area contributed by atoms with Gasteiger partial charge in [-0.2, -0.15) is 14.7 Å². The minimum atomic E-state index is -3.27. The summed E-state index contributed by atoms with van der Waals surface area (Å²) in [4.78, 5) is 7.59. The van der Waals surface area contributed by atoms with E-state index >= 15 is 0 Å². The van der Waals surface area contributed by atoms with Crippen molar-refractivity contribution in [3.8, 4) is 17.2 Å². The standard InChI is InChI=1S/C18H18N6O2S/c1-2-27(25,26)23-10-18(11-23,4-5-19)24-15-7-12-8-21-17-16(12)13(3-6-20-17)14(15)9-22-24/h3,6,8-9H,2,4,7,10-11H2,1H3,(H,20,21). The Labute approximate surface area is 156 Å². The van der Waals surface area contributed by atoms with Crippen LogP contribution >= 0.6 is 0 Å². The third-order valence-corrected chi connectivity index (χ3v) is 7.50. The van der Waals surface area contributed by atoms with Gasteiger partial charge in [-0.15, -0.1) is 0 Å². The smallest absolute Gasteiger partial charge is 0.213 e. The molecule has 8 nitrogen and oxygen atoms in total. The zero-order chi connectivity index (χ0) is 18.8. The Morgan fingerprint density at radius 2 is 2.19 bits per heavy atom. The van der Waals surface area contributed by atoms with Crippen LogP contribution in [0.3, 0.4) is 0 Å². The molecule has 0 unspecified atom stereocenters. The fraction of sp³-hybridized carbons (Fsp3) is 0.389. The van der Waals surface area contributed by atoms with E-state index in [9.17, 15) is 13.7 Å². The zero-order valence-corrected chi connectivity index (χ0v) is 15.6. The molecule has 0 radical (unpaired) electrons. The summed E-state index contributed by atoms with van der Waals surface area (Å²) >= 11 is 0. The van der Waals surface area contributed by atoms with Crippen LogP contribution in [0.5, 0.6) is 0 Å². The quantitative estimate of drug-likeness (QED) is 0.577. The Morgan fingerprint density at radius 3 is 2.93 bits per heavy atom. The Bertz CT molecular complexity index is 1210. The van der Waals surface area contributed by atoms with E-state index in [2.05, 4.69) is 21.1 Å². The second-order valence-corrected chi connectivity index (χ2v) is 9.47. The highest BCUT2D eigenvalue weighted by Crippen LogP contribution is 2.42.